The predicted octanol–water partition coefficient (Wildman–Crippen LogP) is 5.66. The van der Waals surface area contributed by atoms with Crippen molar-refractivity contribution in [2.75, 3.05) is 17.2 Å². The van der Waals surface area contributed by atoms with Crippen molar-refractivity contribution in [2.24, 2.45) is 5.92 Å². The van der Waals surface area contributed by atoms with Crippen molar-refractivity contribution < 1.29 is 19.1 Å². The largest absolute Gasteiger partial charge is 0.462 e. The summed E-state index contributed by atoms with van der Waals surface area (Å²) in [6.45, 7) is 3.60. The van der Waals surface area contributed by atoms with Crippen molar-refractivity contribution in [3.8, 4) is 0 Å². The molecule has 1 aliphatic rings. The lowest BCUT2D eigenvalue weighted by molar-refractivity contribution is -0.120. The highest BCUT2D eigenvalue weighted by Crippen LogP contribution is 2.35. The third-order valence-corrected chi connectivity index (χ3v) is 6.57. The van der Waals surface area contributed by atoms with Gasteiger partial charge in [-0.05, 0) is 50.5 Å². The molecule has 2 N–H and O–H groups in total. The van der Waals surface area contributed by atoms with Gasteiger partial charge in [-0.15, -0.1) is 11.3 Å². The molecule has 160 valence electrons. The van der Waals surface area contributed by atoms with E-state index in [-0.39, 0.29) is 29.9 Å². The molecule has 6 nitrogen and oxygen atoms in total. The van der Waals surface area contributed by atoms with Crippen LogP contribution < -0.4 is 10.6 Å². The van der Waals surface area contributed by atoms with Crippen LogP contribution in [0.2, 0.25) is 5.02 Å². The normalized spacial score (nSPS) is 14.2. The first-order chi connectivity index (χ1) is 14.4. The Morgan fingerprint density at radius 2 is 1.90 bits per heavy atom. The van der Waals surface area contributed by atoms with Gasteiger partial charge in [0.2, 0.25) is 5.91 Å². The lowest BCUT2D eigenvalue weighted by Crippen LogP contribution is -2.25. The molecule has 0 atom stereocenters. The third-order valence-electron chi connectivity index (χ3n) is 5.13. The number of thiophene rings is 1. The number of carbonyl (C=O) groups excluding carboxylic acids is 3. The first-order valence-corrected chi connectivity index (χ1v) is 11.3. The summed E-state index contributed by atoms with van der Waals surface area (Å²) in [4.78, 5) is 38.5. The highest BCUT2D eigenvalue weighted by molar-refractivity contribution is 7.19. The number of anilines is 2. The summed E-state index contributed by atoms with van der Waals surface area (Å²) in [7, 11) is 0. The molecule has 0 aliphatic heterocycles. The van der Waals surface area contributed by atoms with Crippen molar-refractivity contribution >= 4 is 51.4 Å². The molecular weight excluding hydrogens is 424 g/mol. The van der Waals surface area contributed by atoms with Crippen LogP contribution in [-0.4, -0.2) is 24.4 Å². The number of amides is 2. The molecular formula is C22H25ClN2O4S. The van der Waals surface area contributed by atoms with E-state index in [1.807, 2.05) is 0 Å². The van der Waals surface area contributed by atoms with Crippen LogP contribution in [0.15, 0.2) is 24.3 Å². The number of halogens is 1. The lowest BCUT2D eigenvalue weighted by Gasteiger charge is -2.20. The molecule has 0 bridgehead atoms. The van der Waals surface area contributed by atoms with Gasteiger partial charge < -0.3 is 15.4 Å². The van der Waals surface area contributed by atoms with Crippen LogP contribution >= 0.6 is 22.9 Å². The van der Waals surface area contributed by atoms with Crippen molar-refractivity contribution in [1.82, 2.24) is 0 Å². The fourth-order valence-electron chi connectivity index (χ4n) is 3.60. The fourth-order valence-corrected chi connectivity index (χ4v) is 4.88. The first kappa shape index (κ1) is 22.3. The topological polar surface area (TPSA) is 84.5 Å². The maximum Gasteiger partial charge on any atom is 0.341 e. The van der Waals surface area contributed by atoms with Gasteiger partial charge in [-0.1, -0.05) is 36.9 Å². The Balaban J connectivity index is 1.88. The molecule has 1 aliphatic carbocycles. The quantitative estimate of drug-likeness (QED) is 0.558. The Labute approximate surface area is 185 Å². The summed E-state index contributed by atoms with van der Waals surface area (Å²) in [6.07, 6.45) is 4.88. The molecule has 2 aromatic rings. The van der Waals surface area contributed by atoms with Crippen LogP contribution in [0, 0.1) is 12.8 Å². The molecule has 1 aromatic heterocycles. The van der Waals surface area contributed by atoms with Gasteiger partial charge in [0.15, 0.2) is 0 Å². The van der Waals surface area contributed by atoms with Crippen LogP contribution in [-0.2, 0) is 9.53 Å². The third kappa shape index (κ3) is 5.21. The fraction of sp³-hybridized carbons (Fsp3) is 0.409. The number of nitrogens with one attached hydrogen (secondary N) is 2. The van der Waals surface area contributed by atoms with Crippen LogP contribution in [0.1, 0.15) is 64.6 Å². The number of hydrogen-bond acceptors (Lipinski definition) is 5. The Morgan fingerprint density at radius 3 is 2.57 bits per heavy atom. The van der Waals surface area contributed by atoms with Crippen molar-refractivity contribution in [1.29, 1.82) is 0 Å². The average Bonchev–Trinajstić information content (AvgIpc) is 3.05. The molecule has 0 unspecified atom stereocenters. The van der Waals surface area contributed by atoms with Crippen LogP contribution in [0.3, 0.4) is 0 Å². The summed E-state index contributed by atoms with van der Waals surface area (Å²) in [5.74, 6) is -1.10. The number of esters is 1. The van der Waals surface area contributed by atoms with Gasteiger partial charge in [-0.3, -0.25) is 9.59 Å². The Hall–Kier alpha value is -2.38. The molecule has 1 fully saturated rings. The minimum atomic E-state index is -0.549. The molecule has 30 heavy (non-hydrogen) atoms. The van der Waals surface area contributed by atoms with E-state index in [9.17, 15) is 14.4 Å². The van der Waals surface area contributed by atoms with Gasteiger partial charge in [0.1, 0.15) is 5.00 Å². The predicted molar refractivity (Wildman–Crippen MR) is 120 cm³/mol. The first-order valence-electron chi connectivity index (χ1n) is 10.1. The molecule has 0 saturated heterocycles. The number of ether oxygens (including phenoxy) is 1. The maximum absolute atomic E-state index is 12.9. The zero-order chi connectivity index (χ0) is 21.7. The standard InChI is InChI=1S/C22H25ClN2O4S/c1-3-29-22(28)17-13(2)18(20(27)24-16-11-7-10-15(23)12-16)30-21(17)25-19(26)14-8-5-4-6-9-14/h7,10-12,14H,3-6,8-9H2,1-2H3,(H,24,27)(H,25,26). The average molecular weight is 449 g/mol. The van der Waals surface area contributed by atoms with Crippen molar-refractivity contribution in [3.05, 3.63) is 45.3 Å². The van der Waals surface area contributed by atoms with Crippen LogP contribution in [0.4, 0.5) is 10.7 Å². The maximum atomic E-state index is 12.9. The molecule has 2 amide bonds. The van der Waals surface area contributed by atoms with E-state index < -0.39 is 5.97 Å². The highest BCUT2D eigenvalue weighted by Gasteiger charge is 2.29. The van der Waals surface area contributed by atoms with E-state index in [0.717, 1.165) is 43.4 Å². The number of rotatable bonds is 6. The van der Waals surface area contributed by atoms with Gasteiger partial charge in [-0.2, -0.15) is 0 Å². The minimum Gasteiger partial charge on any atom is -0.462 e. The second-order valence-electron chi connectivity index (χ2n) is 7.27. The van der Waals surface area contributed by atoms with Gasteiger partial charge in [0.05, 0.1) is 17.0 Å². The Morgan fingerprint density at radius 1 is 1.17 bits per heavy atom. The molecule has 3 rings (SSSR count). The zero-order valence-electron chi connectivity index (χ0n) is 17.0. The zero-order valence-corrected chi connectivity index (χ0v) is 18.6. The van der Waals surface area contributed by atoms with E-state index >= 15 is 0 Å². The van der Waals surface area contributed by atoms with Gasteiger partial charge in [-0.25, -0.2) is 4.79 Å². The van der Waals surface area contributed by atoms with Crippen LogP contribution in [0.5, 0.6) is 0 Å². The second kappa shape index (κ2) is 10.1. The molecule has 0 spiro atoms. The van der Waals surface area contributed by atoms with Crippen molar-refractivity contribution in [2.45, 2.75) is 46.0 Å². The van der Waals surface area contributed by atoms with E-state index in [2.05, 4.69) is 10.6 Å². The number of benzene rings is 1. The lowest BCUT2D eigenvalue weighted by atomic mass is 9.89. The monoisotopic (exact) mass is 448 g/mol. The molecule has 8 heteroatoms. The van der Waals surface area contributed by atoms with Crippen LogP contribution in [0.25, 0.3) is 0 Å². The number of hydrogen-bond donors (Lipinski definition) is 2. The molecule has 1 aromatic carbocycles. The van der Waals surface area contributed by atoms with E-state index in [0.29, 0.717) is 26.2 Å². The van der Waals surface area contributed by atoms with Crippen molar-refractivity contribution in [3.63, 3.8) is 0 Å². The van der Waals surface area contributed by atoms with Gasteiger partial charge in [0.25, 0.3) is 5.91 Å². The molecule has 1 heterocycles. The summed E-state index contributed by atoms with van der Waals surface area (Å²) < 4.78 is 5.17. The minimum absolute atomic E-state index is 0.0695. The Bertz CT molecular complexity index is 951. The molecule has 0 radical (unpaired) electrons. The number of carbonyl (C=O) groups is 3. The van der Waals surface area contributed by atoms with E-state index in [4.69, 9.17) is 16.3 Å². The smallest absolute Gasteiger partial charge is 0.341 e. The summed E-state index contributed by atoms with van der Waals surface area (Å²) in [5, 5.41) is 6.54. The summed E-state index contributed by atoms with van der Waals surface area (Å²) >= 11 is 7.07. The summed E-state index contributed by atoms with van der Waals surface area (Å²) in [5.41, 5.74) is 1.27. The van der Waals surface area contributed by atoms with Gasteiger partial charge in [0, 0.05) is 16.6 Å². The second-order valence-corrected chi connectivity index (χ2v) is 8.73. The SMILES string of the molecule is CCOC(=O)c1c(NC(=O)C2CCCCC2)sc(C(=O)Nc2cccc(Cl)c2)c1C. The van der Waals surface area contributed by atoms with E-state index in [1.54, 1.807) is 38.1 Å². The van der Waals surface area contributed by atoms with E-state index in [1.165, 1.54) is 0 Å². The molecule has 1 saturated carbocycles. The summed E-state index contributed by atoms with van der Waals surface area (Å²) in [6, 6.07) is 6.82. The Kier molecular flexibility index (Phi) is 7.50. The van der Waals surface area contributed by atoms with Gasteiger partial charge >= 0.3 is 5.97 Å². The highest BCUT2D eigenvalue weighted by atomic mass is 35.5.